The van der Waals surface area contributed by atoms with Crippen LogP contribution in [0.15, 0.2) is 34.9 Å². The van der Waals surface area contributed by atoms with Crippen LogP contribution in [0.1, 0.15) is 16.6 Å². The zero-order valence-corrected chi connectivity index (χ0v) is 11.7. The van der Waals surface area contributed by atoms with E-state index in [1.54, 1.807) is 17.5 Å². The van der Waals surface area contributed by atoms with Crippen LogP contribution in [0.25, 0.3) is 0 Å². The van der Waals surface area contributed by atoms with Crippen molar-refractivity contribution in [3.05, 3.63) is 49.8 Å². The smallest absolute Gasteiger partial charge is 0.0931 e. The Morgan fingerprint density at radius 2 is 2.19 bits per heavy atom. The van der Waals surface area contributed by atoms with Crippen molar-refractivity contribution in [1.82, 2.24) is 10.3 Å². The van der Waals surface area contributed by atoms with Gasteiger partial charge in [0.2, 0.25) is 0 Å². The summed E-state index contributed by atoms with van der Waals surface area (Å²) in [6.45, 7) is 0. The second-order valence-corrected chi connectivity index (χ2v) is 5.93. The SMILES string of the molecule is CNC(c1ccc(Br)cn1)c1ccc(Cl)s1. The van der Waals surface area contributed by atoms with Crippen LogP contribution in [-0.2, 0) is 0 Å². The Labute approximate surface area is 112 Å². The number of nitrogens with one attached hydrogen (secondary N) is 1. The topological polar surface area (TPSA) is 24.9 Å². The first kappa shape index (κ1) is 12.0. The quantitative estimate of drug-likeness (QED) is 0.929. The fraction of sp³-hybridized carbons (Fsp3) is 0.182. The predicted molar refractivity (Wildman–Crippen MR) is 72.2 cm³/mol. The minimum absolute atomic E-state index is 0.102. The second kappa shape index (κ2) is 5.27. The number of aromatic nitrogens is 1. The highest BCUT2D eigenvalue weighted by molar-refractivity contribution is 9.10. The molecule has 0 radical (unpaired) electrons. The molecule has 0 spiro atoms. The minimum atomic E-state index is 0.102. The van der Waals surface area contributed by atoms with Crippen molar-refractivity contribution < 1.29 is 0 Å². The van der Waals surface area contributed by atoms with Crippen LogP contribution in [0.5, 0.6) is 0 Å². The molecule has 0 fully saturated rings. The highest BCUT2D eigenvalue weighted by Crippen LogP contribution is 2.30. The Morgan fingerprint density at radius 1 is 1.38 bits per heavy atom. The fourth-order valence-electron chi connectivity index (χ4n) is 1.48. The fourth-order valence-corrected chi connectivity index (χ4v) is 2.90. The first-order chi connectivity index (χ1) is 7.70. The summed E-state index contributed by atoms with van der Waals surface area (Å²) in [4.78, 5) is 5.56. The van der Waals surface area contributed by atoms with Crippen LogP contribution in [0.3, 0.4) is 0 Å². The third-order valence-electron chi connectivity index (χ3n) is 2.21. The van der Waals surface area contributed by atoms with Crippen molar-refractivity contribution in [3.8, 4) is 0 Å². The molecule has 0 aliphatic carbocycles. The van der Waals surface area contributed by atoms with Crippen LogP contribution < -0.4 is 5.32 Å². The van der Waals surface area contributed by atoms with Gasteiger partial charge < -0.3 is 5.32 Å². The molecule has 0 saturated heterocycles. The number of nitrogens with zero attached hydrogens (tertiary/aromatic N) is 1. The second-order valence-electron chi connectivity index (χ2n) is 3.26. The molecule has 2 heterocycles. The maximum Gasteiger partial charge on any atom is 0.0931 e. The molecule has 0 bridgehead atoms. The normalized spacial score (nSPS) is 12.7. The molecule has 2 rings (SSSR count). The van der Waals surface area contributed by atoms with Gasteiger partial charge in [0.05, 0.1) is 16.1 Å². The van der Waals surface area contributed by atoms with Gasteiger partial charge in [-0.05, 0) is 47.2 Å². The highest BCUT2D eigenvalue weighted by Gasteiger charge is 2.15. The van der Waals surface area contributed by atoms with E-state index in [0.29, 0.717) is 0 Å². The van der Waals surface area contributed by atoms with Crippen LogP contribution in [0, 0.1) is 0 Å². The van der Waals surface area contributed by atoms with E-state index in [9.17, 15) is 0 Å². The molecule has 2 nitrogen and oxygen atoms in total. The molecule has 2 aromatic rings. The Morgan fingerprint density at radius 3 is 2.69 bits per heavy atom. The Hall–Kier alpha value is -0.420. The lowest BCUT2D eigenvalue weighted by Gasteiger charge is -2.13. The Kier molecular flexibility index (Phi) is 3.97. The summed E-state index contributed by atoms with van der Waals surface area (Å²) in [5.41, 5.74) is 0.990. The molecule has 0 aliphatic heterocycles. The maximum atomic E-state index is 5.94. The van der Waals surface area contributed by atoms with Crippen molar-refractivity contribution in [3.63, 3.8) is 0 Å². The molecule has 0 aromatic carbocycles. The number of hydrogen-bond donors (Lipinski definition) is 1. The van der Waals surface area contributed by atoms with Crippen LogP contribution >= 0.6 is 38.9 Å². The first-order valence-electron chi connectivity index (χ1n) is 4.74. The summed E-state index contributed by atoms with van der Waals surface area (Å²) in [5.74, 6) is 0. The van der Waals surface area contributed by atoms with Gasteiger partial charge in [0.25, 0.3) is 0 Å². The highest BCUT2D eigenvalue weighted by atomic mass is 79.9. The molecule has 0 saturated carbocycles. The van der Waals surface area contributed by atoms with E-state index >= 15 is 0 Å². The summed E-state index contributed by atoms with van der Waals surface area (Å²) in [7, 11) is 1.92. The van der Waals surface area contributed by atoms with Gasteiger partial charge in [-0.3, -0.25) is 4.98 Å². The van der Waals surface area contributed by atoms with Crippen LogP contribution in [0.2, 0.25) is 4.34 Å². The maximum absolute atomic E-state index is 5.94. The van der Waals surface area contributed by atoms with E-state index in [-0.39, 0.29) is 6.04 Å². The zero-order chi connectivity index (χ0) is 11.5. The van der Waals surface area contributed by atoms with Gasteiger partial charge in [-0.15, -0.1) is 11.3 Å². The summed E-state index contributed by atoms with van der Waals surface area (Å²) >= 11 is 10.9. The molecule has 5 heteroatoms. The Bertz CT molecular complexity index is 469. The minimum Gasteiger partial charge on any atom is -0.307 e. The van der Waals surface area contributed by atoms with E-state index in [2.05, 4.69) is 26.2 Å². The van der Waals surface area contributed by atoms with Crippen molar-refractivity contribution in [2.75, 3.05) is 7.05 Å². The molecule has 84 valence electrons. The standard InChI is InChI=1S/C11H10BrClN2S/c1-14-11(9-4-5-10(13)16-9)8-3-2-7(12)6-15-8/h2-6,11,14H,1H3. The van der Waals surface area contributed by atoms with Crippen LogP contribution in [-0.4, -0.2) is 12.0 Å². The van der Waals surface area contributed by atoms with E-state index in [0.717, 1.165) is 14.5 Å². The molecule has 0 amide bonds. The zero-order valence-electron chi connectivity index (χ0n) is 8.58. The number of rotatable bonds is 3. The molecular weight excluding hydrogens is 308 g/mol. The van der Waals surface area contributed by atoms with Gasteiger partial charge in [0.15, 0.2) is 0 Å². The average Bonchev–Trinajstić information content (AvgIpc) is 2.69. The van der Waals surface area contributed by atoms with Crippen molar-refractivity contribution in [2.24, 2.45) is 0 Å². The lowest BCUT2D eigenvalue weighted by molar-refractivity contribution is 0.682. The van der Waals surface area contributed by atoms with Gasteiger partial charge in [-0.2, -0.15) is 0 Å². The van der Waals surface area contributed by atoms with Gasteiger partial charge in [-0.25, -0.2) is 0 Å². The molecule has 1 unspecified atom stereocenters. The van der Waals surface area contributed by atoms with Gasteiger partial charge in [-0.1, -0.05) is 11.6 Å². The number of hydrogen-bond acceptors (Lipinski definition) is 3. The summed E-state index contributed by atoms with van der Waals surface area (Å²) in [6, 6.07) is 8.02. The van der Waals surface area contributed by atoms with Gasteiger partial charge in [0, 0.05) is 15.5 Å². The first-order valence-corrected chi connectivity index (χ1v) is 6.73. The number of thiophene rings is 1. The number of pyridine rings is 1. The summed E-state index contributed by atoms with van der Waals surface area (Å²) < 4.78 is 1.78. The van der Waals surface area contributed by atoms with Crippen molar-refractivity contribution in [2.45, 2.75) is 6.04 Å². The molecule has 1 atom stereocenters. The lowest BCUT2D eigenvalue weighted by atomic mass is 10.1. The third-order valence-corrected chi connectivity index (χ3v) is 3.98. The van der Waals surface area contributed by atoms with Crippen molar-refractivity contribution in [1.29, 1.82) is 0 Å². The summed E-state index contributed by atoms with van der Waals surface area (Å²) in [6.07, 6.45) is 1.80. The number of halogens is 2. The van der Waals surface area contributed by atoms with Gasteiger partial charge in [0.1, 0.15) is 0 Å². The Balaban J connectivity index is 2.32. The summed E-state index contributed by atoms with van der Waals surface area (Å²) in [5, 5.41) is 3.24. The largest absolute Gasteiger partial charge is 0.307 e. The monoisotopic (exact) mass is 316 g/mol. The third kappa shape index (κ3) is 2.63. The van der Waals surface area contributed by atoms with E-state index in [1.165, 1.54) is 4.88 Å². The van der Waals surface area contributed by atoms with Gasteiger partial charge >= 0.3 is 0 Å². The van der Waals surface area contributed by atoms with E-state index in [1.807, 2.05) is 31.3 Å². The molecule has 0 aliphatic rings. The van der Waals surface area contributed by atoms with E-state index < -0.39 is 0 Å². The molecule has 1 N–H and O–H groups in total. The predicted octanol–water partition coefficient (Wildman–Crippen LogP) is 3.87. The lowest BCUT2D eigenvalue weighted by Crippen LogP contribution is -2.17. The molecular formula is C11H10BrClN2S. The van der Waals surface area contributed by atoms with Crippen molar-refractivity contribution >= 4 is 38.9 Å². The molecule has 2 aromatic heterocycles. The van der Waals surface area contributed by atoms with Crippen LogP contribution in [0.4, 0.5) is 0 Å². The average molecular weight is 318 g/mol. The molecule has 16 heavy (non-hydrogen) atoms. The van der Waals surface area contributed by atoms with E-state index in [4.69, 9.17) is 11.6 Å².